The van der Waals surface area contributed by atoms with Crippen molar-refractivity contribution >= 4 is 11.9 Å². The average molecular weight is 300 g/mol. The SMILES string of the molecule is O=C(O)c1ccccc1.O=C(O)c1ccccc1.[Fe]. The number of carbonyl (C=O) groups is 2. The third kappa shape index (κ3) is 6.40. The monoisotopic (exact) mass is 300 g/mol. The molecule has 2 rings (SSSR count). The molecular weight excluding hydrogens is 288 g/mol. The zero-order valence-corrected chi connectivity index (χ0v) is 10.9. The molecule has 0 spiro atoms. The van der Waals surface area contributed by atoms with Gasteiger partial charge in [0, 0.05) is 17.1 Å². The predicted molar refractivity (Wildman–Crippen MR) is 66.8 cm³/mol. The number of carboxylic acids is 2. The van der Waals surface area contributed by atoms with E-state index >= 15 is 0 Å². The number of benzene rings is 2. The molecule has 0 aliphatic rings. The predicted octanol–water partition coefficient (Wildman–Crippen LogP) is 2.77. The minimum atomic E-state index is -0.879. The largest absolute Gasteiger partial charge is 0.478 e. The summed E-state index contributed by atoms with van der Waals surface area (Å²) in [6, 6.07) is 16.6. The fraction of sp³-hybridized carbons (Fsp3) is 0. The van der Waals surface area contributed by atoms with Crippen LogP contribution in [0.3, 0.4) is 0 Å². The van der Waals surface area contributed by atoms with Gasteiger partial charge in [0.2, 0.25) is 0 Å². The molecule has 100 valence electrons. The molecule has 0 amide bonds. The van der Waals surface area contributed by atoms with Gasteiger partial charge in [0.1, 0.15) is 0 Å². The first-order valence-corrected chi connectivity index (χ1v) is 5.18. The quantitative estimate of drug-likeness (QED) is 0.836. The fourth-order valence-corrected chi connectivity index (χ4v) is 1.16. The van der Waals surface area contributed by atoms with Crippen LogP contribution in [0.25, 0.3) is 0 Å². The van der Waals surface area contributed by atoms with Gasteiger partial charge in [-0.15, -0.1) is 0 Å². The van der Waals surface area contributed by atoms with Gasteiger partial charge < -0.3 is 10.2 Å². The summed E-state index contributed by atoms with van der Waals surface area (Å²) < 4.78 is 0. The number of carboxylic acid groups (broad SMARTS) is 2. The maximum absolute atomic E-state index is 10.2. The molecule has 0 radical (unpaired) electrons. The van der Waals surface area contributed by atoms with Crippen molar-refractivity contribution in [1.82, 2.24) is 0 Å². The number of hydrogen-bond donors (Lipinski definition) is 2. The molecule has 0 aliphatic carbocycles. The first-order valence-electron chi connectivity index (χ1n) is 5.18. The molecule has 2 aromatic rings. The molecule has 0 saturated heterocycles. The summed E-state index contributed by atoms with van der Waals surface area (Å²) in [6.07, 6.45) is 0. The minimum absolute atomic E-state index is 0. The van der Waals surface area contributed by atoms with Gasteiger partial charge in [-0.3, -0.25) is 0 Å². The Labute approximate surface area is 121 Å². The molecule has 0 atom stereocenters. The molecule has 2 aromatic carbocycles. The first kappa shape index (κ1) is 16.9. The molecule has 0 unspecified atom stereocenters. The van der Waals surface area contributed by atoms with Crippen LogP contribution in [0.4, 0.5) is 0 Å². The summed E-state index contributed by atoms with van der Waals surface area (Å²) in [7, 11) is 0. The van der Waals surface area contributed by atoms with Crippen molar-refractivity contribution in [2.75, 3.05) is 0 Å². The summed E-state index contributed by atoms with van der Waals surface area (Å²) in [5.41, 5.74) is 0.662. The van der Waals surface area contributed by atoms with Gasteiger partial charge in [0.05, 0.1) is 11.1 Å². The molecule has 0 bridgehead atoms. The van der Waals surface area contributed by atoms with E-state index in [0.29, 0.717) is 11.1 Å². The summed E-state index contributed by atoms with van der Waals surface area (Å²) in [5.74, 6) is -1.76. The van der Waals surface area contributed by atoms with Gasteiger partial charge in [0.15, 0.2) is 0 Å². The third-order valence-corrected chi connectivity index (χ3v) is 2.04. The van der Waals surface area contributed by atoms with E-state index in [2.05, 4.69) is 0 Å². The molecule has 19 heavy (non-hydrogen) atoms. The Bertz CT molecular complexity index is 462. The molecule has 5 heteroatoms. The van der Waals surface area contributed by atoms with Gasteiger partial charge in [0.25, 0.3) is 0 Å². The number of hydrogen-bond acceptors (Lipinski definition) is 2. The Morgan fingerprint density at radius 2 is 0.895 bits per heavy atom. The molecule has 4 nitrogen and oxygen atoms in total. The van der Waals surface area contributed by atoms with E-state index in [0.717, 1.165) is 0 Å². The van der Waals surface area contributed by atoms with Crippen LogP contribution in [0.2, 0.25) is 0 Å². The van der Waals surface area contributed by atoms with Crippen LogP contribution in [-0.2, 0) is 17.1 Å². The van der Waals surface area contributed by atoms with Crippen molar-refractivity contribution in [2.24, 2.45) is 0 Å². The van der Waals surface area contributed by atoms with Gasteiger partial charge in [-0.05, 0) is 24.3 Å². The molecule has 0 fully saturated rings. The Hall–Kier alpha value is -2.10. The van der Waals surface area contributed by atoms with Gasteiger partial charge in [-0.1, -0.05) is 36.4 Å². The van der Waals surface area contributed by atoms with E-state index in [4.69, 9.17) is 10.2 Å². The van der Waals surface area contributed by atoms with Crippen molar-refractivity contribution in [3.8, 4) is 0 Å². The van der Waals surface area contributed by atoms with Crippen LogP contribution in [-0.4, -0.2) is 22.2 Å². The fourth-order valence-electron chi connectivity index (χ4n) is 1.16. The van der Waals surface area contributed by atoms with E-state index < -0.39 is 11.9 Å². The Kier molecular flexibility index (Phi) is 7.93. The Morgan fingerprint density at radius 3 is 1.05 bits per heavy atom. The standard InChI is InChI=1S/2C7H6O2.Fe/c2*8-7(9)6-4-2-1-3-5-6;/h2*1-5H,(H,8,9);. The van der Waals surface area contributed by atoms with Crippen LogP contribution in [0.15, 0.2) is 60.7 Å². The third-order valence-electron chi connectivity index (χ3n) is 2.04. The topological polar surface area (TPSA) is 74.6 Å². The Morgan fingerprint density at radius 1 is 0.632 bits per heavy atom. The van der Waals surface area contributed by atoms with E-state index in [1.807, 2.05) is 0 Å². The maximum Gasteiger partial charge on any atom is 0.335 e. The van der Waals surface area contributed by atoms with Crippen LogP contribution >= 0.6 is 0 Å². The molecule has 0 aromatic heterocycles. The normalized spacial score (nSPS) is 8.42. The van der Waals surface area contributed by atoms with Gasteiger partial charge >= 0.3 is 11.9 Å². The van der Waals surface area contributed by atoms with E-state index in [1.54, 1.807) is 60.7 Å². The van der Waals surface area contributed by atoms with Crippen LogP contribution in [0.1, 0.15) is 20.7 Å². The van der Waals surface area contributed by atoms with E-state index in [9.17, 15) is 9.59 Å². The summed E-state index contributed by atoms with van der Waals surface area (Å²) in [6.45, 7) is 0. The van der Waals surface area contributed by atoms with Crippen molar-refractivity contribution in [3.05, 3.63) is 71.8 Å². The van der Waals surface area contributed by atoms with Crippen molar-refractivity contribution in [1.29, 1.82) is 0 Å². The smallest absolute Gasteiger partial charge is 0.335 e. The number of aromatic carboxylic acids is 2. The van der Waals surface area contributed by atoms with Gasteiger partial charge in [-0.25, -0.2) is 9.59 Å². The molecular formula is C14H12FeO4. The molecule has 2 N–H and O–H groups in total. The molecule has 0 saturated carbocycles. The summed E-state index contributed by atoms with van der Waals surface area (Å²) in [4.78, 5) is 20.4. The van der Waals surface area contributed by atoms with Crippen LogP contribution in [0, 0.1) is 0 Å². The first-order chi connectivity index (χ1) is 8.61. The zero-order chi connectivity index (χ0) is 13.4. The van der Waals surface area contributed by atoms with E-state index in [-0.39, 0.29) is 17.1 Å². The minimum Gasteiger partial charge on any atom is -0.478 e. The summed E-state index contributed by atoms with van der Waals surface area (Å²) >= 11 is 0. The van der Waals surface area contributed by atoms with Gasteiger partial charge in [-0.2, -0.15) is 0 Å². The second-order valence-corrected chi connectivity index (χ2v) is 3.34. The second kappa shape index (κ2) is 8.91. The van der Waals surface area contributed by atoms with Crippen molar-refractivity contribution in [2.45, 2.75) is 0 Å². The average Bonchev–Trinajstić information content (AvgIpc) is 2.41. The van der Waals surface area contributed by atoms with E-state index in [1.165, 1.54) is 0 Å². The van der Waals surface area contributed by atoms with Crippen molar-refractivity contribution in [3.63, 3.8) is 0 Å². The Balaban J connectivity index is 0.000000324. The van der Waals surface area contributed by atoms with Crippen LogP contribution < -0.4 is 0 Å². The maximum atomic E-state index is 10.2. The zero-order valence-electron chi connectivity index (χ0n) is 9.84. The molecule has 0 heterocycles. The van der Waals surface area contributed by atoms with Crippen LogP contribution in [0.5, 0.6) is 0 Å². The van der Waals surface area contributed by atoms with Crippen molar-refractivity contribution < 1.29 is 36.9 Å². The number of rotatable bonds is 2. The second-order valence-electron chi connectivity index (χ2n) is 3.34. The summed E-state index contributed by atoms with van der Waals surface area (Å²) in [5, 5.41) is 16.8. The molecule has 0 aliphatic heterocycles.